The third-order valence-electron chi connectivity index (χ3n) is 0.986. The SMILES string of the molecule is COC.Cc1cn[nH]c1C=O. The Bertz CT molecular complexity index is 208. The predicted molar refractivity (Wildman–Crippen MR) is 41.6 cm³/mol. The van der Waals surface area contributed by atoms with Crippen LogP contribution in [-0.2, 0) is 4.74 Å². The summed E-state index contributed by atoms with van der Waals surface area (Å²) in [5, 5.41) is 6.17. The van der Waals surface area contributed by atoms with Gasteiger partial charge in [-0.2, -0.15) is 5.10 Å². The highest BCUT2D eigenvalue weighted by Crippen LogP contribution is 1.95. The van der Waals surface area contributed by atoms with Crippen LogP contribution < -0.4 is 0 Å². The van der Waals surface area contributed by atoms with Crippen LogP contribution in [0.2, 0.25) is 0 Å². The van der Waals surface area contributed by atoms with Gasteiger partial charge in [0.25, 0.3) is 0 Å². The zero-order valence-electron chi connectivity index (χ0n) is 6.92. The van der Waals surface area contributed by atoms with Gasteiger partial charge in [0, 0.05) is 14.2 Å². The molecule has 0 aliphatic carbocycles. The number of aromatic amines is 1. The Morgan fingerprint density at radius 2 is 2.18 bits per heavy atom. The number of aldehydes is 1. The Labute approximate surface area is 65.6 Å². The van der Waals surface area contributed by atoms with Crippen molar-refractivity contribution in [2.24, 2.45) is 0 Å². The van der Waals surface area contributed by atoms with E-state index in [9.17, 15) is 4.79 Å². The van der Waals surface area contributed by atoms with E-state index in [2.05, 4.69) is 14.9 Å². The van der Waals surface area contributed by atoms with Gasteiger partial charge in [0.1, 0.15) is 5.69 Å². The first kappa shape index (κ1) is 9.84. The normalized spacial score (nSPS) is 8.27. The number of nitrogens with zero attached hydrogens (tertiary/aromatic N) is 1. The van der Waals surface area contributed by atoms with Gasteiger partial charge in [-0.15, -0.1) is 0 Å². The first-order chi connectivity index (χ1) is 5.26. The highest BCUT2D eigenvalue weighted by molar-refractivity contribution is 5.73. The zero-order chi connectivity index (χ0) is 8.69. The summed E-state index contributed by atoms with van der Waals surface area (Å²) < 4.78 is 4.25. The van der Waals surface area contributed by atoms with Gasteiger partial charge in [-0.05, 0) is 12.5 Å². The molecule has 0 amide bonds. The van der Waals surface area contributed by atoms with Crippen LogP contribution in [-0.4, -0.2) is 30.7 Å². The minimum Gasteiger partial charge on any atom is -0.388 e. The maximum absolute atomic E-state index is 10.0. The number of hydrogen-bond donors (Lipinski definition) is 1. The van der Waals surface area contributed by atoms with E-state index >= 15 is 0 Å². The second-order valence-corrected chi connectivity index (χ2v) is 1.99. The smallest absolute Gasteiger partial charge is 0.168 e. The molecule has 1 aromatic heterocycles. The summed E-state index contributed by atoms with van der Waals surface area (Å²) in [7, 11) is 3.25. The first-order valence-corrected chi connectivity index (χ1v) is 3.11. The highest BCUT2D eigenvalue weighted by atomic mass is 16.4. The number of hydrogen-bond acceptors (Lipinski definition) is 3. The predicted octanol–water partition coefficient (Wildman–Crippen LogP) is 0.793. The van der Waals surface area contributed by atoms with E-state index in [0.717, 1.165) is 11.8 Å². The van der Waals surface area contributed by atoms with Crippen LogP contribution in [0.25, 0.3) is 0 Å². The van der Waals surface area contributed by atoms with Crippen LogP contribution in [0.15, 0.2) is 6.20 Å². The topological polar surface area (TPSA) is 55.0 Å². The molecule has 0 fully saturated rings. The Kier molecular flexibility index (Phi) is 5.02. The van der Waals surface area contributed by atoms with Gasteiger partial charge in [0.05, 0.1) is 6.20 Å². The van der Waals surface area contributed by atoms with Gasteiger partial charge < -0.3 is 4.74 Å². The van der Waals surface area contributed by atoms with Crippen LogP contribution in [0.4, 0.5) is 0 Å². The molecule has 0 bridgehead atoms. The number of methoxy groups -OCH3 is 1. The minimum atomic E-state index is 0.560. The molecule has 4 heteroatoms. The third kappa shape index (κ3) is 3.52. The van der Waals surface area contributed by atoms with Gasteiger partial charge in [-0.3, -0.25) is 9.89 Å². The van der Waals surface area contributed by atoms with E-state index in [1.807, 2.05) is 6.92 Å². The van der Waals surface area contributed by atoms with Crippen LogP contribution in [0.3, 0.4) is 0 Å². The maximum Gasteiger partial charge on any atom is 0.168 e. The molecule has 1 rings (SSSR count). The van der Waals surface area contributed by atoms with Crippen LogP contribution in [0.1, 0.15) is 16.1 Å². The fourth-order valence-electron chi connectivity index (χ4n) is 0.476. The van der Waals surface area contributed by atoms with E-state index in [1.54, 1.807) is 20.4 Å². The monoisotopic (exact) mass is 156 g/mol. The molecule has 1 heterocycles. The maximum atomic E-state index is 10.0. The molecule has 0 aliphatic heterocycles. The molecule has 0 aliphatic rings. The molecule has 1 N–H and O–H groups in total. The molecule has 0 saturated heterocycles. The molecule has 0 radical (unpaired) electrons. The highest BCUT2D eigenvalue weighted by Gasteiger charge is 1.93. The van der Waals surface area contributed by atoms with Crippen molar-refractivity contribution in [2.75, 3.05) is 14.2 Å². The van der Waals surface area contributed by atoms with Crippen LogP contribution >= 0.6 is 0 Å². The number of carbonyl (C=O) groups is 1. The van der Waals surface area contributed by atoms with Crippen molar-refractivity contribution in [3.8, 4) is 0 Å². The standard InChI is InChI=1S/C5H6N2O.C2H6O/c1-4-2-6-7-5(4)3-8;1-3-2/h2-3H,1H3,(H,6,7);1-2H3. The van der Waals surface area contributed by atoms with Crippen LogP contribution in [0.5, 0.6) is 0 Å². The van der Waals surface area contributed by atoms with Crippen molar-refractivity contribution >= 4 is 6.29 Å². The van der Waals surface area contributed by atoms with E-state index in [0.29, 0.717) is 5.69 Å². The average molecular weight is 156 g/mol. The second-order valence-electron chi connectivity index (χ2n) is 1.99. The number of nitrogens with one attached hydrogen (secondary N) is 1. The number of aryl methyl sites for hydroxylation is 1. The summed E-state index contributed by atoms with van der Waals surface area (Å²) in [6, 6.07) is 0. The molecule has 0 spiro atoms. The molecule has 0 unspecified atom stereocenters. The molecule has 0 atom stereocenters. The molecule has 11 heavy (non-hydrogen) atoms. The summed E-state index contributed by atoms with van der Waals surface area (Å²) in [6.07, 6.45) is 2.37. The second kappa shape index (κ2) is 5.61. The molecule has 4 nitrogen and oxygen atoms in total. The largest absolute Gasteiger partial charge is 0.388 e. The van der Waals surface area contributed by atoms with Crippen molar-refractivity contribution in [3.05, 3.63) is 17.5 Å². The number of H-pyrrole nitrogens is 1. The fourth-order valence-corrected chi connectivity index (χ4v) is 0.476. The zero-order valence-corrected chi connectivity index (χ0v) is 6.92. The number of rotatable bonds is 1. The van der Waals surface area contributed by atoms with E-state index in [4.69, 9.17) is 0 Å². The molecule has 0 aromatic carbocycles. The number of carbonyl (C=O) groups excluding carboxylic acids is 1. The summed E-state index contributed by atoms with van der Waals surface area (Å²) in [5.74, 6) is 0. The van der Waals surface area contributed by atoms with Gasteiger partial charge in [0.15, 0.2) is 6.29 Å². The molecular weight excluding hydrogens is 144 g/mol. The van der Waals surface area contributed by atoms with E-state index in [-0.39, 0.29) is 0 Å². The van der Waals surface area contributed by atoms with Crippen molar-refractivity contribution in [1.82, 2.24) is 10.2 Å². The Balaban J connectivity index is 0.000000292. The van der Waals surface area contributed by atoms with Crippen molar-refractivity contribution < 1.29 is 9.53 Å². The fraction of sp³-hybridized carbons (Fsp3) is 0.429. The lowest BCUT2D eigenvalue weighted by atomic mass is 10.3. The summed E-state index contributed by atoms with van der Waals surface area (Å²) in [6.45, 7) is 1.83. The summed E-state index contributed by atoms with van der Waals surface area (Å²) in [4.78, 5) is 10.0. The Hall–Kier alpha value is -1.16. The lowest BCUT2D eigenvalue weighted by Gasteiger charge is -1.78. The van der Waals surface area contributed by atoms with Crippen molar-refractivity contribution in [3.63, 3.8) is 0 Å². The summed E-state index contributed by atoms with van der Waals surface area (Å²) >= 11 is 0. The lowest BCUT2D eigenvalue weighted by molar-refractivity contribution is 0.111. The third-order valence-corrected chi connectivity index (χ3v) is 0.986. The average Bonchev–Trinajstić information content (AvgIpc) is 2.36. The Morgan fingerprint density at radius 3 is 2.36 bits per heavy atom. The number of ether oxygens (including phenoxy) is 1. The number of aromatic nitrogens is 2. The van der Waals surface area contributed by atoms with E-state index in [1.165, 1.54) is 0 Å². The molecule has 62 valence electrons. The molecular formula is C7H12N2O2. The van der Waals surface area contributed by atoms with E-state index < -0.39 is 0 Å². The summed E-state index contributed by atoms with van der Waals surface area (Å²) in [5.41, 5.74) is 1.45. The van der Waals surface area contributed by atoms with Gasteiger partial charge in [-0.25, -0.2) is 0 Å². The van der Waals surface area contributed by atoms with Gasteiger partial charge >= 0.3 is 0 Å². The first-order valence-electron chi connectivity index (χ1n) is 3.11. The van der Waals surface area contributed by atoms with Crippen molar-refractivity contribution in [1.29, 1.82) is 0 Å². The van der Waals surface area contributed by atoms with Gasteiger partial charge in [-0.1, -0.05) is 0 Å². The van der Waals surface area contributed by atoms with Crippen molar-refractivity contribution in [2.45, 2.75) is 6.92 Å². The molecule has 1 aromatic rings. The Morgan fingerprint density at radius 1 is 1.64 bits per heavy atom. The molecule has 0 saturated carbocycles. The minimum absolute atomic E-state index is 0.560. The quantitative estimate of drug-likeness (QED) is 0.612. The lowest BCUT2D eigenvalue weighted by Crippen LogP contribution is -1.80. The van der Waals surface area contributed by atoms with Crippen LogP contribution in [0, 0.1) is 6.92 Å². The van der Waals surface area contributed by atoms with Gasteiger partial charge in [0.2, 0.25) is 0 Å².